The fourth-order valence-corrected chi connectivity index (χ4v) is 4.42. The van der Waals surface area contributed by atoms with E-state index in [0.717, 1.165) is 24.3 Å². The fourth-order valence-electron chi connectivity index (χ4n) is 4.42. The molecule has 4 N–H and O–H groups in total. The summed E-state index contributed by atoms with van der Waals surface area (Å²) in [6.07, 6.45) is 1.88. The molecule has 0 bridgehead atoms. The van der Waals surface area contributed by atoms with Crippen LogP contribution in [0.1, 0.15) is 36.3 Å². The van der Waals surface area contributed by atoms with Gasteiger partial charge in [-0.3, -0.25) is 14.5 Å². The maximum absolute atomic E-state index is 12.4. The molecule has 3 heterocycles. The second kappa shape index (κ2) is 10.1. The molecule has 1 aromatic heterocycles. The summed E-state index contributed by atoms with van der Waals surface area (Å²) in [7, 11) is 0. The van der Waals surface area contributed by atoms with Gasteiger partial charge in [0.2, 0.25) is 11.8 Å². The van der Waals surface area contributed by atoms with Crippen molar-refractivity contribution in [3.8, 4) is 0 Å². The predicted molar refractivity (Wildman–Crippen MR) is 115 cm³/mol. The van der Waals surface area contributed by atoms with E-state index >= 15 is 0 Å². The van der Waals surface area contributed by atoms with Gasteiger partial charge in [-0.25, -0.2) is 0 Å². The lowest BCUT2D eigenvalue weighted by atomic mass is 10.0. The molecule has 2 aromatic rings. The minimum atomic E-state index is -0.159. The van der Waals surface area contributed by atoms with Crippen molar-refractivity contribution in [2.75, 3.05) is 13.1 Å². The van der Waals surface area contributed by atoms with E-state index in [1.165, 1.54) is 0 Å². The van der Waals surface area contributed by atoms with Crippen LogP contribution in [0.25, 0.3) is 0 Å². The molecular formula is C23H30N4O4. The second-order valence-electron chi connectivity index (χ2n) is 8.25. The van der Waals surface area contributed by atoms with Gasteiger partial charge < -0.3 is 25.5 Å². The molecule has 0 spiro atoms. The first-order chi connectivity index (χ1) is 15.1. The molecule has 1 aromatic carbocycles. The fraction of sp³-hybridized carbons (Fsp3) is 0.478. The number of aliphatic hydroxyl groups is 1. The van der Waals surface area contributed by atoms with Crippen LogP contribution in [0.4, 0.5) is 0 Å². The molecule has 8 heteroatoms. The average Bonchev–Trinajstić information content (AvgIpc) is 3.44. The van der Waals surface area contributed by atoms with Crippen molar-refractivity contribution >= 4 is 11.8 Å². The Hall–Kier alpha value is -2.68. The smallest absolute Gasteiger partial charge is 0.237 e. The first-order valence-electron chi connectivity index (χ1n) is 10.9. The van der Waals surface area contributed by atoms with Gasteiger partial charge in [0.05, 0.1) is 12.6 Å². The summed E-state index contributed by atoms with van der Waals surface area (Å²) < 4.78 is 5.52. The highest BCUT2D eigenvalue weighted by Gasteiger charge is 2.43. The normalized spacial score (nSPS) is 23.4. The monoisotopic (exact) mass is 426 g/mol. The van der Waals surface area contributed by atoms with Gasteiger partial charge in [-0.2, -0.15) is 0 Å². The van der Waals surface area contributed by atoms with E-state index in [9.17, 15) is 9.59 Å². The molecule has 0 saturated carbocycles. The third-order valence-electron chi connectivity index (χ3n) is 6.10. The van der Waals surface area contributed by atoms with Gasteiger partial charge in [-0.1, -0.05) is 30.3 Å². The molecule has 2 amide bonds. The van der Waals surface area contributed by atoms with Crippen molar-refractivity contribution in [1.29, 1.82) is 0 Å². The number of carbonyl (C=O) groups excluding carboxylic acids is 2. The number of hydrogen-bond donors (Lipinski definition) is 4. The Balaban J connectivity index is 1.25. The van der Waals surface area contributed by atoms with Crippen molar-refractivity contribution < 1.29 is 19.1 Å². The van der Waals surface area contributed by atoms with Crippen LogP contribution in [0.3, 0.4) is 0 Å². The summed E-state index contributed by atoms with van der Waals surface area (Å²) in [5, 5.41) is 18.6. The van der Waals surface area contributed by atoms with Gasteiger partial charge in [-0.15, -0.1) is 0 Å². The van der Waals surface area contributed by atoms with Crippen molar-refractivity contribution in [3.05, 3.63) is 59.5 Å². The summed E-state index contributed by atoms with van der Waals surface area (Å²) in [6, 6.07) is 13.6. The van der Waals surface area contributed by atoms with Crippen molar-refractivity contribution in [1.82, 2.24) is 20.9 Å². The Bertz CT molecular complexity index is 885. The molecule has 2 aliphatic heterocycles. The van der Waals surface area contributed by atoms with Gasteiger partial charge >= 0.3 is 0 Å². The Morgan fingerprint density at radius 3 is 2.74 bits per heavy atom. The van der Waals surface area contributed by atoms with E-state index in [0.29, 0.717) is 38.2 Å². The van der Waals surface area contributed by atoms with Crippen LogP contribution in [-0.2, 0) is 29.3 Å². The molecule has 31 heavy (non-hydrogen) atoms. The second-order valence-corrected chi connectivity index (χ2v) is 8.25. The van der Waals surface area contributed by atoms with Gasteiger partial charge in [-0.05, 0) is 30.5 Å². The van der Waals surface area contributed by atoms with Crippen LogP contribution in [0.2, 0.25) is 0 Å². The zero-order chi connectivity index (χ0) is 21.6. The lowest BCUT2D eigenvalue weighted by molar-refractivity contribution is -0.129. The summed E-state index contributed by atoms with van der Waals surface area (Å²) >= 11 is 0. The summed E-state index contributed by atoms with van der Waals surface area (Å²) in [5.41, 5.74) is 1.08. The van der Waals surface area contributed by atoms with Crippen molar-refractivity contribution in [2.45, 2.75) is 57.1 Å². The number of fused-ring (bicyclic) bond motifs is 1. The number of hydrogen-bond acceptors (Lipinski definition) is 6. The minimum Gasteiger partial charge on any atom is -0.462 e. The van der Waals surface area contributed by atoms with E-state index in [1.54, 1.807) is 6.07 Å². The summed E-state index contributed by atoms with van der Waals surface area (Å²) in [5.74, 6) is 1.41. The Kier molecular flexibility index (Phi) is 7.01. The van der Waals surface area contributed by atoms with Crippen LogP contribution < -0.4 is 16.0 Å². The third kappa shape index (κ3) is 5.52. The first-order valence-corrected chi connectivity index (χ1v) is 10.9. The third-order valence-corrected chi connectivity index (χ3v) is 6.10. The van der Waals surface area contributed by atoms with Crippen LogP contribution in [0.15, 0.2) is 46.9 Å². The number of piperazine rings is 1. The molecular weight excluding hydrogens is 396 g/mol. The minimum absolute atomic E-state index is 0.0312. The highest BCUT2D eigenvalue weighted by Crippen LogP contribution is 2.26. The Morgan fingerprint density at radius 1 is 1.16 bits per heavy atom. The Labute approximate surface area is 182 Å². The predicted octanol–water partition coefficient (Wildman–Crippen LogP) is 0.899. The van der Waals surface area contributed by atoms with Crippen molar-refractivity contribution in [2.24, 2.45) is 0 Å². The van der Waals surface area contributed by atoms with E-state index < -0.39 is 0 Å². The van der Waals surface area contributed by atoms with E-state index in [1.807, 2.05) is 36.4 Å². The number of nitrogens with zero attached hydrogens (tertiary/aromatic N) is 1. The van der Waals surface area contributed by atoms with Crippen LogP contribution >= 0.6 is 0 Å². The van der Waals surface area contributed by atoms with Gasteiger partial charge in [0, 0.05) is 38.1 Å². The largest absolute Gasteiger partial charge is 0.462 e. The number of rotatable bonds is 9. The van der Waals surface area contributed by atoms with Gasteiger partial charge in [0.1, 0.15) is 18.1 Å². The average molecular weight is 427 g/mol. The standard InChI is InChI=1S/C23H30N4O4/c28-15-20-8-7-19(31-20)13-24-17-10-21-23(30)26-12-18(27(21)14-17)6-9-22(29)25-11-16-4-2-1-3-5-16/h1-5,7-8,17-18,21,24,28H,6,9-15H2,(H,25,29)(H,26,30). The molecule has 2 fully saturated rings. The number of benzene rings is 1. The summed E-state index contributed by atoms with van der Waals surface area (Å²) in [6.45, 7) is 2.32. The molecule has 3 atom stereocenters. The number of aliphatic hydroxyl groups excluding tert-OH is 1. The molecule has 0 aliphatic carbocycles. The molecule has 3 unspecified atom stereocenters. The highest BCUT2D eigenvalue weighted by atomic mass is 16.4. The SMILES string of the molecule is O=C(CCC1CNC(=O)C2CC(NCc3ccc(CO)o3)CN12)NCc1ccccc1. The molecule has 8 nitrogen and oxygen atoms in total. The van der Waals surface area contributed by atoms with Crippen LogP contribution in [0, 0.1) is 0 Å². The van der Waals surface area contributed by atoms with E-state index in [-0.39, 0.29) is 36.5 Å². The molecule has 166 valence electrons. The maximum Gasteiger partial charge on any atom is 0.237 e. The number of nitrogens with one attached hydrogen (secondary N) is 3. The van der Waals surface area contributed by atoms with Crippen LogP contribution in [0.5, 0.6) is 0 Å². The van der Waals surface area contributed by atoms with Gasteiger partial charge in [0.25, 0.3) is 0 Å². The zero-order valence-electron chi connectivity index (χ0n) is 17.5. The number of furan rings is 1. The van der Waals surface area contributed by atoms with Crippen LogP contribution in [-0.4, -0.2) is 53.0 Å². The van der Waals surface area contributed by atoms with E-state index in [4.69, 9.17) is 9.52 Å². The molecule has 2 saturated heterocycles. The number of amides is 2. The molecule has 0 radical (unpaired) electrons. The highest BCUT2D eigenvalue weighted by molar-refractivity contribution is 5.83. The lowest BCUT2D eigenvalue weighted by Gasteiger charge is -2.37. The summed E-state index contributed by atoms with van der Waals surface area (Å²) in [4.78, 5) is 26.9. The van der Waals surface area contributed by atoms with Crippen molar-refractivity contribution in [3.63, 3.8) is 0 Å². The molecule has 4 rings (SSSR count). The maximum atomic E-state index is 12.4. The van der Waals surface area contributed by atoms with Gasteiger partial charge in [0.15, 0.2) is 0 Å². The quantitative estimate of drug-likeness (QED) is 0.475. The topological polar surface area (TPSA) is 107 Å². The lowest BCUT2D eigenvalue weighted by Crippen LogP contribution is -2.58. The first kappa shape index (κ1) is 21.5. The van der Waals surface area contributed by atoms with E-state index in [2.05, 4.69) is 20.9 Å². The molecule has 2 aliphatic rings. The Morgan fingerprint density at radius 2 is 1.97 bits per heavy atom. The zero-order valence-corrected chi connectivity index (χ0v) is 17.5. The number of carbonyl (C=O) groups is 2.